The van der Waals surface area contributed by atoms with Crippen LogP contribution in [0.15, 0.2) is 18.2 Å². The minimum atomic E-state index is 0.0171. The molecule has 1 unspecified atom stereocenters. The fourth-order valence-electron chi connectivity index (χ4n) is 1.77. The fraction of sp³-hybridized carbons (Fsp3) is 0.500. The lowest BCUT2D eigenvalue weighted by Gasteiger charge is -2.12. The van der Waals surface area contributed by atoms with E-state index < -0.39 is 0 Å². The molecule has 2 N–H and O–H groups in total. The van der Waals surface area contributed by atoms with E-state index in [1.807, 2.05) is 0 Å². The number of aryl methyl sites for hydroxylation is 2. The van der Waals surface area contributed by atoms with Crippen molar-refractivity contribution in [3.63, 3.8) is 0 Å². The van der Waals surface area contributed by atoms with Crippen LogP contribution in [0.3, 0.4) is 0 Å². The van der Waals surface area contributed by atoms with Gasteiger partial charge >= 0.3 is 0 Å². The molecule has 0 saturated carbocycles. The van der Waals surface area contributed by atoms with Gasteiger partial charge in [-0.3, -0.25) is 0 Å². The van der Waals surface area contributed by atoms with Gasteiger partial charge in [0.2, 0.25) is 0 Å². The molecule has 0 heterocycles. The van der Waals surface area contributed by atoms with Gasteiger partial charge in [0.15, 0.2) is 0 Å². The van der Waals surface area contributed by atoms with Gasteiger partial charge < -0.3 is 5.73 Å². The second-order valence-corrected chi connectivity index (χ2v) is 5.78. The predicted molar refractivity (Wildman–Crippen MR) is 74.7 cm³/mol. The summed E-state index contributed by atoms with van der Waals surface area (Å²) in [6, 6.07) is 6.48. The SMILES string of the molecule is Cc1cc(C)cc(C(N)CC#CC(C)(C)C)c1. The first-order chi connectivity index (χ1) is 7.78. The van der Waals surface area contributed by atoms with Gasteiger partial charge in [0.25, 0.3) is 0 Å². The minimum absolute atomic E-state index is 0.0171. The van der Waals surface area contributed by atoms with Gasteiger partial charge in [0.05, 0.1) is 0 Å². The molecule has 0 aromatic heterocycles. The molecule has 1 heteroatoms. The summed E-state index contributed by atoms with van der Waals surface area (Å²) in [6.45, 7) is 10.5. The number of nitrogens with two attached hydrogens (primary N) is 1. The molecule has 0 aliphatic heterocycles. The molecule has 0 fully saturated rings. The molecule has 0 bridgehead atoms. The Balaban J connectivity index is 2.76. The quantitative estimate of drug-likeness (QED) is 0.768. The summed E-state index contributed by atoms with van der Waals surface area (Å²) in [5.74, 6) is 6.41. The third-order valence-electron chi connectivity index (χ3n) is 2.46. The zero-order valence-electron chi connectivity index (χ0n) is 11.6. The lowest BCUT2D eigenvalue weighted by atomic mass is 9.96. The average Bonchev–Trinajstić information content (AvgIpc) is 2.13. The molecule has 1 rings (SSSR count). The molecule has 0 aliphatic rings. The van der Waals surface area contributed by atoms with Crippen LogP contribution in [0.4, 0.5) is 0 Å². The molecule has 0 amide bonds. The van der Waals surface area contributed by atoms with Gasteiger partial charge in [-0.2, -0.15) is 0 Å². The van der Waals surface area contributed by atoms with Crippen LogP contribution in [0.5, 0.6) is 0 Å². The van der Waals surface area contributed by atoms with Crippen molar-refractivity contribution in [2.24, 2.45) is 11.1 Å². The normalized spacial score (nSPS) is 12.8. The Kier molecular flexibility index (Phi) is 4.37. The van der Waals surface area contributed by atoms with Crippen molar-refractivity contribution in [3.8, 4) is 11.8 Å². The molecule has 17 heavy (non-hydrogen) atoms. The van der Waals surface area contributed by atoms with Crippen LogP contribution in [-0.2, 0) is 0 Å². The van der Waals surface area contributed by atoms with E-state index in [0.29, 0.717) is 0 Å². The predicted octanol–water partition coefficient (Wildman–Crippen LogP) is 3.74. The number of hydrogen-bond acceptors (Lipinski definition) is 1. The molecule has 0 saturated heterocycles. The molecule has 1 aromatic rings. The second kappa shape index (κ2) is 5.38. The largest absolute Gasteiger partial charge is 0.323 e. The average molecular weight is 229 g/mol. The molecular weight excluding hydrogens is 206 g/mol. The molecule has 1 atom stereocenters. The first-order valence-electron chi connectivity index (χ1n) is 6.12. The topological polar surface area (TPSA) is 26.0 Å². The maximum Gasteiger partial charge on any atom is 0.0406 e. The smallest absolute Gasteiger partial charge is 0.0406 e. The number of hydrogen-bond donors (Lipinski definition) is 1. The van der Waals surface area contributed by atoms with E-state index in [9.17, 15) is 0 Å². The van der Waals surface area contributed by atoms with Crippen molar-refractivity contribution in [3.05, 3.63) is 34.9 Å². The Morgan fingerprint density at radius 2 is 1.65 bits per heavy atom. The summed E-state index contributed by atoms with van der Waals surface area (Å²) in [4.78, 5) is 0. The lowest BCUT2D eigenvalue weighted by Crippen LogP contribution is -2.10. The third kappa shape index (κ3) is 5.06. The lowest BCUT2D eigenvalue weighted by molar-refractivity contribution is 0.569. The monoisotopic (exact) mass is 229 g/mol. The van der Waals surface area contributed by atoms with Gasteiger partial charge in [0.1, 0.15) is 0 Å². The van der Waals surface area contributed by atoms with Crippen LogP contribution in [0, 0.1) is 31.1 Å². The van der Waals surface area contributed by atoms with Crippen molar-refractivity contribution in [2.45, 2.75) is 47.1 Å². The van der Waals surface area contributed by atoms with Gasteiger partial charge in [-0.05, 0) is 40.2 Å². The summed E-state index contributed by atoms with van der Waals surface area (Å²) in [5.41, 5.74) is 9.93. The first-order valence-corrected chi connectivity index (χ1v) is 6.12. The van der Waals surface area contributed by atoms with Gasteiger partial charge in [-0.25, -0.2) is 0 Å². The molecule has 0 spiro atoms. The highest BCUT2D eigenvalue weighted by molar-refractivity contribution is 5.31. The first kappa shape index (κ1) is 13.8. The Morgan fingerprint density at radius 1 is 1.12 bits per heavy atom. The van der Waals surface area contributed by atoms with Crippen LogP contribution < -0.4 is 5.73 Å². The third-order valence-corrected chi connectivity index (χ3v) is 2.46. The second-order valence-electron chi connectivity index (χ2n) is 5.78. The van der Waals surface area contributed by atoms with Crippen LogP contribution in [-0.4, -0.2) is 0 Å². The molecule has 0 radical (unpaired) electrons. The Morgan fingerprint density at radius 3 is 2.12 bits per heavy atom. The molecule has 92 valence electrons. The Labute approximate surface area is 105 Å². The van der Waals surface area contributed by atoms with E-state index in [1.54, 1.807) is 0 Å². The van der Waals surface area contributed by atoms with Gasteiger partial charge in [-0.1, -0.05) is 35.2 Å². The van der Waals surface area contributed by atoms with Crippen LogP contribution in [0.1, 0.15) is 49.9 Å². The van der Waals surface area contributed by atoms with Crippen molar-refractivity contribution >= 4 is 0 Å². The molecule has 1 nitrogen and oxygen atoms in total. The van der Waals surface area contributed by atoms with Crippen molar-refractivity contribution in [1.82, 2.24) is 0 Å². The summed E-state index contributed by atoms with van der Waals surface area (Å²) < 4.78 is 0. The Bertz CT molecular complexity index is 421. The van der Waals surface area contributed by atoms with Crippen LogP contribution in [0.2, 0.25) is 0 Å². The van der Waals surface area contributed by atoms with E-state index in [4.69, 9.17) is 5.73 Å². The molecular formula is C16H23N. The van der Waals surface area contributed by atoms with E-state index in [-0.39, 0.29) is 11.5 Å². The highest BCUT2D eigenvalue weighted by Crippen LogP contribution is 2.18. The van der Waals surface area contributed by atoms with E-state index in [2.05, 4.69) is 64.7 Å². The van der Waals surface area contributed by atoms with Crippen LogP contribution >= 0.6 is 0 Å². The van der Waals surface area contributed by atoms with Crippen molar-refractivity contribution in [1.29, 1.82) is 0 Å². The summed E-state index contributed by atoms with van der Waals surface area (Å²) in [7, 11) is 0. The van der Waals surface area contributed by atoms with E-state index >= 15 is 0 Å². The fourth-order valence-corrected chi connectivity index (χ4v) is 1.77. The molecule has 0 aliphatic carbocycles. The summed E-state index contributed by atoms with van der Waals surface area (Å²) >= 11 is 0. The highest BCUT2D eigenvalue weighted by atomic mass is 14.6. The standard InChI is InChI=1S/C16H23N/c1-12-9-13(2)11-14(10-12)15(17)7-6-8-16(3,4)5/h9-11,15H,7,17H2,1-5H3. The number of benzene rings is 1. The van der Waals surface area contributed by atoms with Gasteiger partial charge in [0, 0.05) is 17.9 Å². The highest BCUT2D eigenvalue weighted by Gasteiger charge is 2.07. The number of rotatable bonds is 2. The molecule has 1 aromatic carbocycles. The minimum Gasteiger partial charge on any atom is -0.323 e. The maximum atomic E-state index is 6.16. The Hall–Kier alpha value is -1.26. The zero-order valence-corrected chi connectivity index (χ0v) is 11.6. The van der Waals surface area contributed by atoms with Gasteiger partial charge in [-0.15, -0.1) is 5.92 Å². The van der Waals surface area contributed by atoms with E-state index in [0.717, 1.165) is 6.42 Å². The van der Waals surface area contributed by atoms with Crippen molar-refractivity contribution < 1.29 is 0 Å². The maximum absolute atomic E-state index is 6.16. The summed E-state index contributed by atoms with van der Waals surface area (Å²) in [6.07, 6.45) is 0.722. The van der Waals surface area contributed by atoms with E-state index in [1.165, 1.54) is 16.7 Å². The van der Waals surface area contributed by atoms with Crippen LogP contribution in [0.25, 0.3) is 0 Å². The summed E-state index contributed by atoms with van der Waals surface area (Å²) in [5, 5.41) is 0. The van der Waals surface area contributed by atoms with Crippen molar-refractivity contribution in [2.75, 3.05) is 0 Å². The zero-order chi connectivity index (χ0) is 13.1.